The van der Waals surface area contributed by atoms with Gasteiger partial charge in [0.05, 0.1) is 23.0 Å². The maximum Gasteiger partial charge on any atom is 0.251 e. The highest BCUT2D eigenvalue weighted by molar-refractivity contribution is 9.10. The van der Waals surface area contributed by atoms with Crippen LogP contribution in [-0.2, 0) is 4.74 Å². The Morgan fingerprint density at radius 3 is 2.64 bits per heavy atom. The number of benzene rings is 1. The molecule has 6 nitrogen and oxygen atoms in total. The first-order valence-electron chi connectivity index (χ1n) is 6.72. The Morgan fingerprint density at radius 2 is 2.14 bits per heavy atom. The zero-order valence-corrected chi connectivity index (χ0v) is 14.0. The van der Waals surface area contributed by atoms with Gasteiger partial charge in [-0.1, -0.05) is 0 Å². The molecule has 2 N–H and O–H groups in total. The number of aliphatic hydroxyl groups is 1. The smallest absolute Gasteiger partial charge is 0.251 e. The third-order valence-corrected chi connectivity index (χ3v) is 3.80. The lowest BCUT2D eigenvalue weighted by Gasteiger charge is -2.25. The number of rotatable bonds is 6. The Hall–Kier alpha value is -1.70. The molecule has 0 aliphatic carbocycles. The number of ether oxygens (including phenoxy) is 1. The van der Waals surface area contributed by atoms with E-state index in [-0.39, 0.29) is 19.1 Å². The van der Waals surface area contributed by atoms with Crippen LogP contribution in [0.15, 0.2) is 41.1 Å². The molecule has 0 saturated heterocycles. The number of methoxy groups -OCH3 is 1. The molecule has 2 aromatic rings. The average Bonchev–Trinajstić information content (AvgIpc) is 2.99. The molecule has 0 fully saturated rings. The highest BCUT2D eigenvalue weighted by atomic mass is 79.9. The third kappa shape index (κ3) is 3.94. The summed E-state index contributed by atoms with van der Waals surface area (Å²) in [7, 11) is 1.50. The molecule has 1 amide bonds. The largest absolute Gasteiger partial charge is 0.393 e. The fourth-order valence-corrected chi connectivity index (χ4v) is 2.06. The number of amides is 1. The molecule has 1 atom stereocenters. The minimum absolute atomic E-state index is 0.170. The topological polar surface area (TPSA) is 76.4 Å². The van der Waals surface area contributed by atoms with Gasteiger partial charge in [-0.3, -0.25) is 4.79 Å². The Kier molecular flexibility index (Phi) is 5.33. The number of hydrogen-bond acceptors (Lipinski definition) is 4. The zero-order chi connectivity index (χ0) is 16.2. The molecular weight excluding hydrogens is 350 g/mol. The summed E-state index contributed by atoms with van der Waals surface area (Å²) in [5.41, 5.74) is 0.613. The lowest BCUT2D eigenvalue weighted by molar-refractivity contribution is -0.0347. The highest BCUT2D eigenvalue weighted by Crippen LogP contribution is 2.13. The molecule has 0 radical (unpaired) electrons. The molecule has 22 heavy (non-hydrogen) atoms. The lowest BCUT2D eigenvalue weighted by Crippen LogP contribution is -2.44. The first-order valence-corrected chi connectivity index (χ1v) is 7.51. The third-order valence-electron chi connectivity index (χ3n) is 3.40. The van der Waals surface area contributed by atoms with Crippen molar-refractivity contribution in [1.29, 1.82) is 0 Å². The molecule has 0 bridgehead atoms. The molecule has 7 heteroatoms. The van der Waals surface area contributed by atoms with E-state index in [1.54, 1.807) is 29.9 Å². The Labute approximate surface area is 137 Å². The molecule has 1 aromatic carbocycles. The van der Waals surface area contributed by atoms with Gasteiger partial charge in [-0.05, 0) is 47.1 Å². The number of aliphatic hydroxyl groups excluding tert-OH is 1. The molecule has 1 aromatic heterocycles. The van der Waals surface area contributed by atoms with E-state index in [4.69, 9.17) is 4.74 Å². The number of carbonyl (C=O) groups excluding carboxylic acids is 1. The van der Waals surface area contributed by atoms with Gasteiger partial charge >= 0.3 is 0 Å². The molecular formula is C15H18BrN3O3. The van der Waals surface area contributed by atoms with Crippen LogP contribution in [0.3, 0.4) is 0 Å². The van der Waals surface area contributed by atoms with E-state index in [0.29, 0.717) is 5.56 Å². The fourth-order valence-electron chi connectivity index (χ4n) is 1.77. The summed E-state index contributed by atoms with van der Waals surface area (Å²) in [6.45, 7) is 1.79. The van der Waals surface area contributed by atoms with Crippen LogP contribution in [0.25, 0.3) is 5.69 Å². The molecule has 0 aliphatic rings. The van der Waals surface area contributed by atoms with Crippen LogP contribution >= 0.6 is 15.9 Å². The van der Waals surface area contributed by atoms with Gasteiger partial charge in [-0.2, -0.15) is 5.10 Å². The number of halogens is 1. The number of aromatic nitrogens is 2. The Bertz CT molecular complexity index is 636. The van der Waals surface area contributed by atoms with Gasteiger partial charge < -0.3 is 15.2 Å². The van der Waals surface area contributed by atoms with E-state index in [9.17, 15) is 9.90 Å². The summed E-state index contributed by atoms with van der Waals surface area (Å²) in [5, 5.41) is 16.2. The van der Waals surface area contributed by atoms with E-state index in [1.807, 2.05) is 18.3 Å². The quantitative estimate of drug-likeness (QED) is 0.815. The zero-order valence-electron chi connectivity index (χ0n) is 12.4. The van der Waals surface area contributed by atoms with Gasteiger partial charge in [0.1, 0.15) is 5.60 Å². The average molecular weight is 368 g/mol. The van der Waals surface area contributed by atoms with Crippen LogP contribution in [0.2, 0.25) is 0 Å². The molecule has 0 saturated carbocycles. The van der Waals surface area contributed by atoms with E-state index in [0.717, 1.165) is 10.2 Å². The summed E-state index contributed by atoms with van der Waals surface area (Å²) in [4.78, 5) is 12.1. The molecule has 2 rings (SSSR count). The second-order valence-electron chi connectivity index (χ2n) is 5.14. The highest BCUT2D eigenvalue weighted by Gasteiger charge is 2.23. The van der Waals surface area contributed by atoms with Gasteiger partial charge in [0.15, 0.2) is 0 Å². The van der Waals surface area contributed by atoms with Crippen molar-refractivity contribution < 1.29 is 14.6 Å². The number of nitrogens with one attached hydrogen (secondary N) is 1. The van der Waals surface area contributed by atoms with Crippen molar-refractivity contribution >= 4 is 21.8 Å². The van der Waals surface area contributed by atoms with Crippen LogP contribution in [0.5, 0.6) is 0 Å². The van der Waals surface area contributed by atoms with Crippen LogP contribution in [0.1, 0.15) is 17.3 Å². The Balaban J connectivity index is 2.02. The van der Waals surface area contributed by atoms with Gasteiger partial charge in [-0.15, -0.1) is 0 Å². The van der Waals surface area contributed by atoms with Crippen molar-refractivity contribution in [2.45, 2.75) is 12.5 Å². The van der Waals surface area contributed by atoms with Crippen LogP contribution in [-0.4, -0.2) is 46.7 Å². The minimum atomic E-state index is -0.781. The fraction of sp³-hybridized carbons (Fsp3) is 0.333. The van der Waals surface area contributed by atoms with E-state index >= 15 is 0 Å². The van der Waals surface area contributed by atoms with E-state index in [1.165, 1.54) is 7.11 Å². The summed E-state index contributed by atoms with van der Waals surface area (Å²) < 4.78 is 7.77. The van der Waals surface area contributed by atoms with Crippen molar-refractivity contribution in [2.24, 2.45) is 0 Å². The lowest BCUT2D eigenvalue weighted by atomic mass is 10.1. The van der Waals surface area contributed by atoms with Crippen LogP contribution < -0.4 is 5.32 Å². The minimum Gasteiger partial charge on any atom is -0.393 e. The summed E-state index contributed by atoms with van der Waals surface area (Å²) in [5.74, 6) is -0.218. The number of nitrogens with zero attached hydrogens (tertiary/aromatic N) is 2. The van der Waals surface area contributed by atoms with Crippen molar-refractivity contribution in [3.8, 4) is 5.69 Å². The van der Waals surface area contributed by atoms with Crippen LogP contribution in [0, 0.1) is 0 Å². The normalized spacial score (nSPS) is 13.6. The summed E-state index contributed by atoms with van der Waals surface area (Å²) in [6.07, 6.45) is 3.53. The monoisotopic (exact) mass is 367 g/mol. The Morgan fingerprint density at radius 1 is 1.45 bits per heavy atom. The molecule has 118 valence electrons. The predicted molar refractivity (Wildman–Crippen MR) is 86.1 cm³/mol. The first-order chi connectivity index (χ1) is 10.5. The summed E-state index contributed by atoms with van der Waals surface area (Å²) in [6, 6.07) is 7.08. The first kappa shape index (κ1) is 16.7. The number of hydrogen-bond donors (Lipinski definition) is 2. The van der Waals surface area contributed by atoms with Crippen molar-refractivity contribution in [3.63, 3.8) is 0 Å². The predicted octanol–water partition coefficient (Wildman–Crippen LogP) is 1.76. The standard InChI is InChI=1S/C15H18BrN3O3/c1-15(10-20,22-2)9-17-14(21)11-3-5-13(6-4-11)19-8-12(16)7-18-19/h3-8,20H,9-10H2,1-2H3,(H,17,21). The van der Waals surface area contributed by atoms with Gasteiger partial charge in [0.25, 0.3) is 5.91 Å². The summed E-state index contributed by atoms with van der Waals surface area (Å²) >= 11 is 3.34. The van der Waals surface area contributed by atoms with Gasteiger partial charge in [0, 0.05) is 25.4 Å². The SMILES string of the molecule is COC(C)(CO)CNC(=O)c1ccc(-n2cc(Br)cn2)cc1. The van der Waals surface area contributed by atoms with Crippen molar-refractivity contribution in [2.75, 3.05) is 20.3 Å². The molecule has 0 spiro atoms. The van der Waals surface area contributed by atoms with Crippen molar-refractivity contribution in [3.05, 3.63) is 46.7 Å². The van der Waals surface area contributed by atoms with Crippen molar-refractivity contribution in [1.82, 2.24) is 15.1 Å². The van der Waals surface area contributed by atoms with E-state index in [2.05, 4.69) is 26.3 Å². The molecule has 1 heterocycles. The van der Waals surface area contributed by atoms with Gasteiger partial charge in [-0.25, -0.2) is 4.68 Å². The molecule has 0 aliphatic heterocycles. The van der Waals surface area contributed by atoms with Crippen LogP contribution in [0.4, 0.5) is 0 Å². The maximum absolute atomic E-state index is 12.1. The maximum atomic E-state index is 12.1. The van der Waals surface area contributed by atoms with Gasteiger partial charge in [0.2, 0.25) is 0 Å². The van der Waals surface area contributed by atoms with E-state index < -0.39 is 5.60 Å². The second kappa shape index (κ2) is 7.04. The molecule has 1 unspecified atom stereocenters. The number of carbonyl (C=O) groups is 1. The second-order valence-corrected chi connectivity index (χ2v) is 6.06.